The largest absolute Gasteiger partial charge is 0.372 e. The Balaban J connectivity index is 2.98. The van der Waals surface area contributed by atoms with E-state index in [2.05, 4.69) is 15.4 Å². The quantitative estimate of drug-likeness (QED) is 0.430. The summed E-state index contributed by atoms with van der Waals surface area (Å²) in [6.07, 6.45) is 3.63. The van der Waals surface area contributed by atoms with Crippen molar-refractivity contribution in [1.29, 1.82) is 0 Å². The summed E-state index contributed by atoms with van der Waals surface area (Å²) >= 11 is 0. The summed E-state index contributed by atoms with van der Waals surface area (Å²) in [5, 5.41) is 14.9. The van der Waals surface area contributed by atoms with Gasteiger partial charge in [0.2, 0.25) is 5.91 Å². The first-order chi connectivity index (χ1) is 11.0. The predicted octanol–water partition coefficient (Wildman–Crippen LogP) is 3.08. The SMILES string of the molecule is CCCCC(=O)NN=Cc1cc([N+](=O)[O-])ccc1N(CC)CC. The van der Waals surface area contributed by atoms with E-state index in [4.69, 9.17) is 0 Å². The van der Waals surface area contributed by atoms with E-state index < -0.39 is 4.92 Å². The number of benzene rings is 1. The molecule has 7 nitrogen and oxygen atoms in total. The van der Waals surface area contributed by atoms with Gasteiger partial charge in [0.15, 0.2) is 0 Å². The van der Waals surface area contributed by atoms with Gasteiger partial charge in [0.25, 0.3) is 5.69 Å². The lowest BCUT2D eigenvalue weighted by atomic mass is 10.1. The van der Waals surface area contributed by atoms with Crippen LogP contribution in [0.5, 0.6) is 0 Å². The van der Waals surface area contributed by atoms with Crippen LogP contribution in [0.15, 0.2) is 23.3 Å². The van der Waals surface area contributed by atoms with E-state index in [0.717, 1.165) is 31.6 Å². The molecule has 0 aliphatic rings. The van der Waals surface area contributed by atoms with Crippen LogP contribution in [-0.4, -0.2) is 30.1 Å². The van der Waals surface area contributed by atoms with Crippen LogP contribution in [0.2, 0.25) is 0 Å². The summed E-state index contributed by atoms with van der Waals surface area (Å²) in [4.78, 5) is 24.1. The normalized spacial score (nSPS) is 10.7. The number of amides is 1. The van der Waals surface area contributed by atoms with Gasteiger partial charge in [0.05, 0.1) is 11.1 Å². The number of hydrogen-bond acceptors (Lipinski definition) is 5. The Hall–Kier alpha value is -2.44. The molecule has 23 heavy (non-hydrogen) atoms. The lowest BCUT2D eigenvalue weighted by molar-refractivity contribution is -0.384. The van der Waals surface area contributed by atoms with Gasteiger partial charge in [0, 0.05) is 42.9 Å². The molecule has 0 saturated heterocycles. The third kappa shape index (κ3) is 5.69. The molecule has 0 bridgehead atoms. The number of unbranched alkanes of at least 4 members (excludes halogenated alkanes) is 1. The molecule has 0 saturated carbocycles. The molecule has 126 valence electrons. The molecule has 0 radical (unpaired) electrons. The highest BCUT2D eigenvalue weighted by Crippen LogP contribution is 2.24. The summed E-state index contributed by atoms with van der Waals surface area (Å²) < 4.78 is 0. The molecule has 0 atom stereocenters. The number of nitro groups is 1. The Morgan fingerprint density at radius 2 is 2.04 bits per heavy atom. The topological polar surface area (TPSA) is 87.8 Å². The Bertz CT molecular complexity index is 568. The number of carbonyl (C=O) groups is 1. The van der Waals surface area contributed by atoms with Crippen molar-refractivity contribution >= 4 is 23.5 Å². The number of nitrogens with zero attached hydrogens (tertiary/aromatic N) is 3. The minimum atomic E-state index is -0.441. The molecular weight excluding hydrogens is 296 g/mol. The number of rotatable bonds is 9. The van der Waals surface area contributed by atoms with Crippen molar-refractivity contribution in [2.45, 2.75) is 40.0 Å². The van der Waals surface area contributed by atoms with Crippen LogP contribution in [0.1, 0.15) is 45.6 Å². The summed E-state index contributed by atoms with van der Waals surface area (Å²) in [6.45, 7) is 7.59. The number of hydrazone groups is 1. The Morgan fingerprint density at radius 1 is 1.35 bits per heavy atom. The summed E-state index contributed by atoms with van der Waals surface area (Å²) in [7, 11) is 0. The van der Waals surface area contributed by atoms with Gasteiger partial charge in [-0.1, -0.05) is 13.3 Å². The first-order valence-electron chi connectivity index (χ1n) is 7.88. The van der Waals surface area contributed by atoms with Gasteiger partial charge < -0.3 is 4.90 Å². The van der Waals surface area contributed by atoms with Crippen molar-refractivity contribution in [3.05, 3.63) is 33.9 Å². The second-order valence-electron chi connectivity index (χ2n) is 5.07. The molecule has 7 heteroatoms. The number of nitro benzene ring substituents is 1. The van der Waals surface area contributed by atoms with E-state index in [1.807, 2.05) is 20.8 Å². The molecule has 0 aliphatic heterocycles. The van der Waals surface area contributed by atoms with Crippen LogP contribution in [0.3, 0.4) is 0 Å². The van der Waals surface area contributed by atoms with Crippen LogP contribution in [-0.2, 0) is 4.79 Å². The fraction of sp³-hybridized carbons (Fsp3) is 0.500. The molecule has 1 rings (SSSR count). The van der Waals surface area contributed by atoms with Crippen LogP contribution in [0.4, 0.5) is 11.4 Å². The molecule has 0 heterocycles. The molecular formula is C16H24N4O3. The lowest BCUT2D eigenvalue weighted by Gasteiger charge is -2.22. The highest BCUT2D eigenvalue weighted by atomic mass is 16.6. The Morgan fingerprint density at radius 3 is 2.61 bits per heavy atom. The van der Waals surface area contributed by atoms with E-state index in [9.17, 15) is 14.9 Å². The average Bonchev–Trinajstić information content (AvgIpc) is 2.54. The Kier molecular flexibility index (Phi) is 7.73. The maximum Gasteiger partial charge on any atom is 0.270 e. The first-order valence-corrected chi connectivity index (χ1v) is 7.88. The van der Waals surface area contributed by atoms with Gasteiger partial charge in [-0.05, 0) is 26.3 Å². The van der Waals surface area contributed by atoms with E-state index >= 15 is 0 Å². The molecule has 0 aromatic heterocycles. The molecule has 1 aromatic rings. The first kappa shape index (κ1) is 18.6. The smallest absolute Gasteiger partial charge is 0.270 e. The summed E-state index contributed by atoms with van der Waals surface area (Å²) in [6, 6.07) is 4.66. The molecule has 1 aromatic carbocycles. The van der Waals surface area contributed by atoms with E-state index in [1.54, 1.807) is 6.07 Å². The average molecular weight is 320 g/mol. The van der Waals surface area contributed by atoms with E-state index in [1.165, 1.54) is 18.3 Å². The van der Waals surface area contributed by atoms with Gasteiger partial charge in [0.1, 0.15) is 0 Å². The maximum atomic E-state index is 11.6. The Labute approximate surface area is 136 Å². The number of nitrogens with one attached hydrogen (secondary N) is 1. The van der Waals surface area contributed by atoms with Crippen LogP contribution in [0.25, 0.3) is 0 Å². The lowest BCUT2D eigenvalue weighted by Crippen LogP contribution is -2.23. The second kappa shape index (κ2) is 9.55. The highest BCUT2D eigenvalue weighted by Gasteiger charge is 2.13. The van der Waals surface area contributed by atoms with Crippen molar-refractivity contribution < 1.29 is 9.72 Å². The maximum absolute atomic E-state index is 11.6. The van der Waals surface area contributed by atoms with E-state index in [-0.39, 0.29) is 11.6 Å². The van der Waals surface area contributed by atoms with Gasteiger partial charge >= 0.3 is 0 Å². The molecule has 0 aliphatic carbocycles. The number of anilines is 1. The summed E-state index contributed by atoms with van der Waals surface area (Å²) in [5.41, 5.74) is 3.92. The zero-order valence-electron chi connectivity index (χ0n) is 13.9. The van der Waals surface area contributed by atoms with Gasteiger partial charge in [-0.2, -0.15) is 5.10 Å². The van der Waals surface area contributed by atoms with E-state index in [0.29, 0.717) is 12.0 Å². The molecule has 0 spiro atoms. The molecule has 1 amide bonds. The van der Waals surface area contributed by atoms with Crippen molar-refractivity contribution in [1.82, 2.24) is 5.43 Å². The van der Waals surface area contributed by atoms with Crippen LogP contribution < -0.4 is 10.3 Å². The summed E-state index contributed by atoms with van der Waals surface area (Å²) in [5.74, 6) is -0.155. The standard InChI is InChI=1S/C16H24N4O3/c1-4-7-8-16(21)18-17-12-13-11-14(20(22)23)9-10-15(13)19(5-2)6-3/h9-12H,4-8H2,1-3H3,(H,18,21). The molecule has 0 fully saturated rings. The number of non-ortho nitro benzene ring substituents is 1. The fourth-order valence-electron chi connectivity index (χ4n) is 2.18. The van der Waals surface area contributed by atoms with Crippen molar-refractivity contribution in [2.24, 2.45) is 5.10 Å². The minimum absolute atomic E-state index is 0.000310. The monoisotopic (exact) mass is 320 g/mol. The second-order valence-corrected chi connectivity index (χ2v) is 5.07. The zero-order valence-corrected chi connectivity index (χ0v) is 13.9. The third-order valence-electron chi connectivity index (χ3n) is 3.48. The zero-order chi connectivity index (χ0) is 17.2. The van der Waals surface area contributed by atoms with Gasteiger partial charge in [-0.15, -0.1) is 0 Å². The van der Waals surface area contributed by atoms with Gasteiger partial charge in [-0.3, -0.25) is 14.9 Å². The van der Waals surface area contributed by atoms with Crippen LogP contribution in [0, 0.1) is 10.1 Å². The van der Waals surface area contributed by atoms with Crippen molar-refractivity contribution in [3.8, 4) is 0 Å². The minimum Gasteiger partial charge on any atom is -0.372 e. The number of hydrogen-bond donors (Lipinski definition) is 1. The molecule has 1 N–H and O–H groups in total. The fourth-order valence-corrected chi connectivity index (χ4v) is 2.18. The van der Waals surface area contributed by atoms with Crippen molar-refractivity contribution in [2.75, 3.05) is 18.0 Å². The number of carbonyl (C=O) groups excluding carboxylic acids is 1. The molecule has 0 unspecified atom stereocenters. The predicted molar refractivity (Wildman–Crippen MR) is 91.9 cm³/mol. The van der Waals surface area contributed by atoms with Crippen LogP contribution >= 0.6 is 0 Å². The third-order valence-corrected chi connectivity index (χ3v) is 3.48. The van der Waals surface area contributed by atoms with Gasteiger partial charge in [-0.25, -0.2) is 5.43 Å². The highest BCUT2D eigenvalue weighted by molar-refractivity contribution is 5.90. The van der Waals surface area contributed by atoms with Crippen molar-refractivity contribution in [3.63, 3.8) is 0 Å².